The number of nitrogens with zero attached hydrogens (tertiary/aromatic N) is 2. The number of carbonyl (C=O) groups excluding carboxylic acids is 2. The Morgan fingerprint density at radius 3 is 2.47 bits per heavy atom. The van der Waals surface area contributed by atoms with E-state index in [2.05, 4.69) is 10.2 Å². The normalized spacial score (nSPS) is 18.8. The lowest BCUT2D eigenvalue weighted by Gasteiger charge is -2.48. The van der Waals surface area contributed by atoms with Crippen molar-refractivity contribution < 1.29 is 23.8 Å². The topological polar surface area (TPSA) is 101 Å². The van der Waals surface area contributed by atoms with Gasteiger partial charge in [-0.25, -0.2) is 4.79 Å². The molecule has 162 valence electrons. The Morgan fingerprint density at radius 2 is 1.80 bits per heavy atom. The molecule has 0 atom stereocenters. The third-order valence-corrected chi connectivity index (χ3v) is 5.79. The zero-order valence-electron chi connectivity index (χ0n) is 17.2. The molecule has 0 radical (unpaired) electrons. The van der Waals surface area contributed by atoms with Crippen molar-refractivity contribution in [1.82, 2.24) is 10.2 Å². The van der Waals surface area contributed by atoms with Crippen molar-refractivity contribution in [3.63, 3.8) is 0 Å². The van der Waals surface area contributed by atoms with Crippen molar-refractivity contribution >= 4 is 11.9 Å². The molecule has 1 amide bonds. The average Bonchev–Trinajstić information content (AvgIpc) is 2.81. The maximum absolute atomic E-state index is 12.3. The van der Waals surface area contributed by atoms with Crippen LogP contribution in [-0.4, -0.2) is 68.4 Å². The third kappa shape index (κ3) is 6.18. The first-order chi connectivity index (χ1) is 14.6. The highest BCUT2D eigenvalue weighted by molar-refractivity contribution is 5.81. The summed E-state index contributed by atoms with van der Waals surface area (Å²) >= 11 is 0. The molecule has 1 aromatic carbocycles. The number of nitrogens with one attached hydrogen (secondary N) is 1. The van der Waals surface area contributed by atoms with E-state index in [0.717, 1.165) is 52.0 Å². The van der Waals surface area contributed by atoms with Crippen LogP contribution in [0, 0.1) is 11.3 Å². The molecule has 1 aromatic rings. The predicted octanol–water partition coefficient (Wildman–Crippen LogP) is 1.63. The number of hydrogen-bond acceptors (Lipinski definition) is 7. The van der Waals surface area contributed by atoms with Gasteiger partial charge in [0, 0.05) is 25.2 Å². The number of morpholine rings is 1. The first-order valence-corrected chi connectivity index (χ1v) is 10.5. The zero-order valence-corrected chi connectivity index (χ0v) is 17.2. The fraction of sp³-hybridized carbons (Fsp3) is 0.591. The summed E-state index contributed by atoms with van der Waals surface area (Å²) in [5, 5.41) is 11.7. The minimum absolute atomic E-state index is 0.0274. The molecule has 30 heavy (non-hydrogen) atoms. The number of hydrogen-bond donors (Lipinski definition) is 1. The second-order valence-corrected chi connectivity index (χ2v) is 7.75. The monoisotopic (exact) mass is 415 g/mol. The van der Waals surface area contributed by atoms with Crippen molar-refractivity contribution in [3.8, 4) is 11.8 Å². The summed E-state index contributed by atoms with van der Waals surface area (Å²) in [6.45, 7) is 3.17. The molecule has 2 aliphatic rings. The molecule has 8 nitrogen and oxygen atoms in total. The van der Waals surface area contributed by atoms with Gasteiger partial charge < -0.3 is 19.5 Å². The van der Waals surface area contributed by atoms with E-state index in [0.29, 0.717) is 17.9 Å². The molecule has 0 spiro atoms. The third-order valence-electron chi connectivity index (χ3n) is 5.79. The minimum Gasteiger partial charge on any atom is -0.482 e. The molecule has 2 fully saturated rings. The molecule has 1 aliphatic heterocycles. The van der Waals surface area contributed by atoms with Gasteiger partial charge in [0.05, 0.1) is 24.8 Å². The molecule has 8 heteroatoms. The molecule has 1 saturated carbocycles. The molecule has 0 aromatic heterocycles. The number of nitriles is 1. The second kappa shape index (κ2) is 11.0. The van der Waals surface area contributed by atoms with Gasteiger partial charge in [-0.05, 0) is 37.1 Å². The minimum atomic E-state index is -0.616. The Hall–Kier alpha value is -2.63. The molecule has 0 bridgehead atoms. The summed E-state index contributed by atoms with van der Waals surface area (Å²) in [5.74, 6) is -0.463. The average molecular weight is 415 g/mol. The molecule has 1 heterocycles. The van der Waals surface area contributed by atoms with Gasteiger partial charge in [-0.1, -0.05) is 19.3 Å². The number of benzene rings is 1. The van der Waals surface area contributed by atoms with Crippen LogP contribution in [0.4, 0.5) is 0 Å². The fourth-order valence-corrected chi connectivity index (χ4v) is 4.12. The van der Waals surface area contributed by atoms with Crippen LogP contribution >= 0.6 is 0 Å². The lowest BCUT2D eigenvalue weighted by molar-refractivity contribution is -0.150. The van der Waals surface area contributed by atoms with Gasteiger partial charge in [0.25, 0.3) is 5.91 Å². The van der Waals surface area contributed by atoms with E-state index in [1.807, 2.05) is 6.07 Å². The number of rotatable bonds is 8. The van der Waals surface area contributed by atoms with Gasteiger partial charge in [-0.3, -0.25) is 9.69 Å². The lowest BCUT2D eigenvalue weighted by atomic mass is 9.79. The van der Waals surface area contributed by atoms with Crippen LogP contribution in [0.1, 0.15) is 37.7 Å². The first-order valence-electron chi connectivity index (χ1n) is 10.5. The van der Waals surface area contributed by atoms with Crippen LogP contribution < -0.4 is 10.1 Å². The van der Waals surface area contributed by atoms with Crippen molar-refractivity contribution in [2.45, 2.75) is 37.6 Å². The van der Waals surface area contributed by atoms with E-state index in [1.54, 1.807) is 24.3 Å². The van der Waals surface area contributed by atoms with Gasteiger partial charge in [0.15, 0.2) is 13.2 Å². The second-order valence-electron chi connectivity index (χ2n) is 7.75. The fourth-order valence-electron chi connectivity index (χ4n) is 4.12. The van der Waals surface area contributed by atoms with Crippen LogP contribution in [0.2, 0.25) is 0 Å². The van der Waals surface area contributed by atoms with E-state index in [1.165, 1.54) is 6.42 Å². The van der Waals surface area contributed by atoms with Gasteiger partial charge >= 0.3 is 5.97 Å². The Balaban J connectivity index is 1.40. The smallest absolute Gasteiger partial charge is 0.344 e. The van der Waals surface area contributed by atoms with E-state index in [4.69, 9.17) is 19.5 Å². The SMILES string of the molecule is N#Cc1ccc(OCC(=O)OCC(=O)NCC2(N3CCOCC3)CCCCC2)cc1. The zero-order chi connectivity index (χ0) is 21.2. The van der Waals surface area contributed by atoms with E-state index < -0.39 is 5.97 Å². The highest BCUT2D eigenvalue weighted by atomic mass is 16.6. The summed E-state index contributed by atoms with van der Waals surface area (Å²) in [4.78, 5) is 26.6. The Bertz CT molecular complexity index is 747. The number of carbonyl (C=O) groups is 2. The standard InChI is InChI=1S/C22H29N3O5/c23-14-18-4-6-19(7-5-18)29-16-21(27)30-15-20(26)24-17-22(8-2-1-3-9-22)25-10-12-28-13-11-25/h4-7H,1-3,8-13,15-17H2,(H,24,26). The summed E-state index contributed by atoms with van der Waals surface area (Å²) in [6.07, 6.45) is 5.68. The van der Waals surface area contributed by atoms with Gasteiger partial charge in [0.2, 0.25) is 0 Å². The lowest BCUT2D eigenvalue weighted by Crippen LogP contribution is -2.59. The molecular formula is C22H29N3O5. The first kappa shape index (κ1) is 22.1. The summed E-state index contributed by atoms with van der Waals surface area (Å²) in [6, 6.07) is 8.42. The molecule has 1 N–H and O–H groups in total. The predicted molar refractivity (Wildman–Crippen MR) is 109 cm³/mol. The quantitative estimate of drug-likeness (QED) is 0.644. The highest BCUT2D eigenvalue weighted by Crippen LogP contribution is 2.33. The van der Waals surface area contributed by atoms with Crippen LogP contribution in [0.15, 0.2) is 24.3 Å². The maximum atomic E-state index is 12.3. The Morgan fingerprint density at radius 1 is 1.10 bits per heavy atom. The van der Waals surface area contributed by atoms with Crippen LogP contribution in [0.5, 0.6) is 5.75 Å². The van der Waals surface area contributed by atoms with Crippen LogP contribution in [0.3, 0.4) is 0 Å². The molecular weight excluding hydrogens is 386 g/mol. The highest BCUT2D eigenvalue weighted by Gasteiger charge is 2.38. The van der Waals surface area contributed by atoms with E-state index in [9.17, 15) is 9.59 Å². The summed E-state index contributed by atoms with van der Waals surface area (Å²) in [5.41, 5.74) is 0.481. The largest absolute Gasteiger partial charge is 0.482 e. The van der Waals surface area contributed by atoms with Crippen molar-refractivity contribution in [1.29, 1.82) is 5.26 Å². The summed E-state index contributed by atoms with van der Waals surface area (Å²) < 4.78 is 15.8. The van der Waals surface area contributed by atoms with Crippen molar-refractivity contribution in [2.75, 3.05) is 46.1 Å². The van der Waals surface area contributed by atoms with Crippen molar-refractivity contribution in [2.24, 2.45) is 0 Å². The number of esters is 1. The Kier molecular flexibility index (Phi) is 8.05. The Labute approximate surface area is 177 Å². The molecule has 0 unspecified atom stereocenters. The number of amides is 1. The molecule has 1 aliphatic carbocycles. The van der Waals surface area contributed by atoms with E-state index in [-0.39, 0.29) is 24.7 Å². The molecule has 3 rings (SSSR count). The van der Waals surface area contributed by atoms with E-state index >= 15 is 0 Å². The van der Waals surface area contributed by atoms with Gasteiger partial charge in [0.1, 0.15) is 5.75 Å². The van der Waals surface area contributed by atoms with Crippen LogP contribution in [0.25, 0.3) is 0 Å². The summed E-state index contributed by atoms with van der Waals surface area (Å²) in [7, 11) is 0. The van der Waals surface area contributed by atoms with Crippen molar-refractivity contribution in [3.05, 3.63) is 29.8 Å². The van der Waals surface area contributed by atoms with Gasteiger partial charge in [-0.15, -0.1) is 0 Å². The number of ether oxygens (including phenoxy) is 3. The van der Waals surface area contributed by atoms with Crippen LogP contribution in [-0.2, 0) is 19.1 Å². The molecule has 1 saturated heterocycles. The van der Waals surface area contributed by atoms with Gasteiger partial charge in [-0.2, -0.15) is 5.26 Å². The maximum Gasteiger partial charge on any atom is 0.344 e.